The van der Waals surface area contributed by atoms with Gasteiger partial charge in [0.15, 0.2) is 0 Å². The van der Waals surface area contributed by atoms with E-state index >= 15 is 0 Å². The predicted octanol–water partition coefficient (Wildman–Crippen LogP) is -1.40. The monoisotopic (exact) mass is 326 g/mol. The van der Waals surface area contributed by atoms with E-state index in [0.29, 0.717) is 0 Å². The van der Waals surface area contributed by atoms with Gasteiger partial charge in [-0.3, -0.25) is 19.2 Å². The maximum absolute atomic E-state index is 9.79. The summed E-state index contributed by atoms with van der Waals surface area (Å²) in [6.07, 6.45) is 0.173. The first kappa shape index (κ1) is 24.8. The van der Waals surface area contributed by atoms with Crippen molar-refractivity contribution in [2.24, 2.45) is 0 Å². The highest BCUT2D eigenvalue weighted by molar-refractivity contribution is 6.30. The van der Waals surface area contributed by atoms with Crippen molar-refractivity contribution in [3.8, 4) is 0 Å². The number of aliphatic carboxylic acids is 4. The van der Waals surface area contributed by atoms with Gasteiger partial charge in [0.1, 0.15) is 0 Å². The molecule has 128 valence electrons. The Morgan fingerprint density at radius 1 is 0.545 bits per heavy atom. The lowest BCUT2D eigenvalue weighted by molar-refractivity contribution is -0.140. The summed E-state index contributed by atoms with van der Waals surface area (Å²) < 4.78 is 0. The SMILES string of the molecule is O=C(O)CCCC(=O)O.O=C(O)CCCC(=O)O.OB(O)O. The van der Waals surface area contributed by atoms with Gasteiger partial charge in [-0.05, 0) is 12.8 Å². The van der Waals surface area contributed by atoms with Gasteiger partial charge in [-0.25, -0.2) is 0 Å². The Morgan fingerprint density at radius 2 is 0.682 bits per heavy atom. The molecule has 0 aromatic rings. The quantitative estimate of drug-likeness (QED) is 0.258. The van der Waals surface area contributed by atoms with Crippen LogP contribution in [0.15, 0.2) is 0 Å². The van der Waals surface area contributed by atoms with Crippen molar-refractivity contribution < 1.29 is 54.7 Å². The fourth-order valence-electron chi connectivity index (χ4n) is 0.782. The number of rotatable bonds is 8. The first-order chi connectivity index (χ1) is 9.98. The van der Waals surface area contributed by atoms with Crippen LogP contribution in [0.2, 0.25) is 0 Å². The summed E-state index contributed by atoms with van der Waals surface area (Å²) in [5, 5.41) is 53.6. The minimum atomic E-state index is -2.17. The lowest BCUT2D eigenvalue weighted by Gasteiger charge is -1.89. The van der Waals surface area contributed by atoms with Gasteiger partial charge >= 0.3 is 31.2 Å². The highest BCUT2D eigenvalue weighted by Gasteiger charge is 2.00. The Balaban J connectivity index is -0.000000266. The topological polar surface area (TPSA) is 210 Å². The maximum Gasteiger partial charge on any atom is 0.631 e. The number of hydrogen-bond donors (Lipinski definition) is 7. The van der Waals surface area contributed by atoms with Crippen molar-refractivity contribution in [2.75, 3.05) is 0 Å². The summed E-state index contributed by atoms with van der Waals surface area (Å²) in [6, 6.07) is 0. The van der Waals surface area contributed by atoms with E-state index in [0.717, 1.165) is 0 Å². The van der Waals surface area contributed by atoms with Crippen LogP contribution in [0.1, 0.15) is 38.5 Å². The first-order valence-corrected chi connectivity index (χ1v) is 5.90. The molecule has 0 rings (SSSR count). The Bertz CT molecular complexity index is 281. The lowest BCUT2D eigenvalue weighted by atomic mass is 10.2. The smallest absolute Gasteiger partial charge is 0.481 e. The Morgan fingerprint density at radius 3 is 0.773 bits per heavy atom. The van der Waals surface area contributed by atoms with Gasteiger partial charge in [0, 0.05) is 25.7 Å². The zero-order valence-electron chi connectivity index (χ0n) is 11.6. The van der Waals surface area contributed by atoms with Gasteiger partial charge in [0.05, 0.1) is 0 Å². The van der Waals surface area contributed by atoms with Gasteiger partial charge in [0.2, 0.25) is 0 Å². The van der Waals surface area contributed by atoms with E-state index in [1.165, 1.54) is 0 Å². The van der Waals surface area contributed by atoms with Gasteiger partial charge in [0.25, 0.3) is 0 Å². The van der Waals surface area contributed by atoms with Gasteiger partial charge in [-0.1, -0.05) is 0 Å². The molecule has 0 aliphatic heterocycles. The molecule has 0 atom stereocenters. The third kappa shape index (κ3) is 52.3. The van der Waals surface area contributed by atoms with Crippen LogP contribution >= 0.6 is 0 Å². The Hall–Kier alpha value is -2.18. The maximum atomic E-state index is 9.79. The van der Waals surface area contributed by atoms with E-state index in [2.05, 4.69) is 0 Å². The molecule has 11 nitrogen and oxygen atoms in total. The predicted molar refractivity (Wildman–Crippen MR) is 70.7 cm³/mol. The summed E-state index contributed by atoms with van der Waals surface area (Å²) in [7, 11) is -2.17. The third-order valence-electron chi connectivity index (χ3n) is 1.56. The Labute approximate surface area is 125 Å². The molecule has 0 heterocycles. The lowest BCUT2D eigenvalue weighted by Crippen LogP contribution is -2.07. The van der Waals surface area contributed by atoms with Crippen molar-refractivity contribution in [1.29, 1.82) is 0 Å². The number of carboxylic acids is 4. The summed E-state index contributed by atoms with van der Waals surface area (Å²) in [5.74, 6) is -3.79. The van der Waals surface area contributed by atoms with Gasteiger partial charge in [-0.15, -0.1) is 0 Å². The minimum Gasteiger partial charge on any atom is -0.481 e. The van der Waals surface area contributed by atoms with Crippen molar-refractivity contribution in [1.82, 2.24) is 0 Å². The molecule has 0 aromatic heterocycles. The second kappa shape index (κ2) is 16.9. The van der Waals surface area contributed by atoms with E-state index in [1.54, 1.807) is 0 Å². The molecule has 0 saturated carbocycles. The van der Waals surface area contributed by atoms with E-state index in [-0.39, 0.29) is 38.5 Å². The highest BCUT2D eigenvalue weighted by Crippen LogP contribution is 1.94. The van der Waals surface area contributed by atoms with Crippen LogP contribution in [0.4, 0.5) is 0 Å². The molecule has 0 aromatic carbocycles. The van der Waals surface area contributed by atoms with E-state index in [4.69, 9.17) is 35.5 Å². The summed E-state index contributed by atoms with van der Waals surface area (Å²) in [6.45, 7) is 0. The number of hydrogen-bond acceptors (Lipinski definition) is 7. The normalized spacial score (nSPS) is 8.50. The van der Waals surface area contributed by atoms with E-state index in [9.17, 15) is 19.2 Å². The summed E-state index contributed by atoms with van der Waals surface area (Å²) in [5.41, 5.74) is 0. The zero-order chi connectivity index (χ0) is 18.1. The molecule has 0 unspecified atom stereocenters. The fourth-order valence-corrected chi connectivity index (χ4v) is 0.782. The van der Waals surface area contributed by atoms with Crippen LogP contribution in [-0.2, 0) is 19.2 Å². The molecule has 0 amide bonds. The third-order valence-corrected chi connectivity index (χ3v) is 1.56. The number of carbonyl (C=O) groups is 4. The van der Waals surface area contributed by atoms with Crippen molar-refractivity contribution in [3.05, 3.63) is 0 Å². The van der Waals surface area contributed by atoms with Crippen LogP contribution in [0.5, 0.6) is 0 Å². The van der Waals surface area contributed by atoms with Crippen LogP contribution < -0.4 is 0 Å². The van der Waals surface area contributed by atoms with Crippen molar-refractivity contribution in [3.63, 3.8) is 0 Å². The molecule has 7 N–H and O–H groups in total. The van der Waals surface area contributed by atoms with Crippen molar-refractivity contribution in [2.45, 2.75) is 38.5 Å². The molecule has 22 heavy (non-hydrogen) atoms. The molecule has 0 spiro atoms. The second-order valence-corrected chi connectivity index (χ2v) is 3.63. The average molecular weight is 326 g/mol. The molecule has 0 fully saturated rings. The molecular weight excluding hydrogens is 307 g/mol. The van der Waals surface area contributed by atoms with Gasteiger partial charge in [-0.2, -0.15) is 0 Å². The largest absolute Gasteiger partial charge is 0.631 e. The molecular formula is C10H19BO11. The van der Waals surface area contributed by atoms with Gasteiger partial charge < -0.3 is 35.5 Å². The zero-order valence-corrected chi connectivity index (χ0v) is 11.6. The van der Waals surface area contributed by atoms with Crippen LogP contribution in [0.3, 0.4) is 0 Å². The molecule has 0 aliphatic rings. The minimum absolute atomic E-state index is 0.0632. The van der Waals surface area contributed by atoms with E-state index in [1.807, 2.05) is 0 Å². The van der Waals surface area contributed by atoms with Crippen LogP contribution in [0, 0.1) is 0 Å². The number of carboxylic acid groups (broad SMARTS) is 4. The molecule has 0 saturated heterocycles. The standard InChI is InChI=1S/2C5H8O4.BH3O3/c2*6-4(7)2-1-3-5(8)9;2-1(3)4/h2*1-3H2,(H,6,7)(H,8,9);2-4H. The fraction of sp³-hybridized carbons (Fsp3) is 0.600. The summed E-state index contributed by atoms with van der Waals surface area (Å²) in [4.78, 5) is 39.2. The second-order valence-electron chi connectivity index (χ2n) is 3.63. The Kier molecular flexibility index (Phi) is 19.0. The molecule has 0 bridgehead atoms. The first-order valence-electron chi connectivity index (χ1n) is 5.90. The highest BCUT2D eigenvalue weighted by atomic mass is 16.5. The molecule has 0 aliphatic carbocycles. The van der Waals surface area contributed by atoms with E-state index < -0.39 is 31.2 Å². The van der Waals surface area contributed by atoms with Crippen LogP contribution in [-0.4, -0.2) is 66.7 Å². The van der Waals surface area contributed by atoms with Crippen molar-refractivity contribution >= 4 is 31.2 Å². The average Bonchev–Trinajstić information content (AvgIpc) is 2.26. The summed E-state index contributed by atoms with van der Waals surface area (Å²) >= 11 is 0. The molecule has 12 heteroatoms. The molecule has 0 radical (unpaired) electrons. The van der Waals surface area contributed by atoms with Crippen LogP contribution in [0.25, 0.3) is 0 Å².